The Labute approximate surface area is 119 Å². The van der Waals surface area contributed by atoms with Crippen LogP contribution in [0.5, 0.6) is 0 Å². The molecule has 6 nitrogen and oxygen atoms in total. The number of nitrogens with zero attached hydrogens (tertiary/aromatic N) is 3. The summed E-state index contributed by atoms with van der Waals surface area (Å²) in [6, 6.07) is -0.209. The van der Waals surface area contributed by atoms with E-state index in [9.17, 15) is 14.7 Å². The Morgan fingerprint density at radius 2 is 1.80 bits per heavy atom. The third kappa shape index (κ3) is 2.49. The highest BCUT2D eigenvalue weighted by molar-refractivity contribution is 5.83. The number of carboxylic acids is 1. The van der Waals surface area contributed by atoms with Gasteiger partial charge in [-0.1, -0.05) is 6.42 Å². The normalized spacial score (nSPS) is 31.2. The lowest BCUT2D eigenvalue weighted by Gasteiger charge is -2.45. The minimum atomic E-state index is -0.868. The van der Waals surface area contributed by atoms with Crippen molar-refractivity contribution in [2.45, 2.75) is 44.2 Å². The second-order valence-electron chi connectivity index (χ2n) is 6.10. The number of aliphatic carboxylic acids is 1. The van der Waals surface area contributed by atoms with E-state index in [0.29, 0.717) is 19.0 Å². The fraction of sp³-hybridized carbons (Fsp3) is 0.857. The average molecular weight is 281 g/mol. The Bertz CT molecular complexity index is 401. The van der Waals surface area contributed by atoms with Crippen molar-refractivity contribution in [3.05, 3.63) is 0 Å². The molecule has 3 aliphatic heterocycles. The van der Waals surface area contributed by atoms with E-state index >= 15 is 0 Å². The van der Waals surface area contributed by atoms with E-state index in [1.807, 2.05) is 4.90 Å². The summed E-state index contributed by atoms with van der Waals surface area (Å²) in [5.41, 5.74) is 0. The van der Waals surface area contributed by atoms with Crippen LogP contribution >= 0.6 is 0 Å². The molecule has 0 radical (unpaired) electrons. The highest BCUT2D eigenvalue weighted by Crippen LogP contribution is 2.24. The molecule has 0 spiro atoms. The van der Waals surface area contributed by atoms with Gasteiger partial charge in [-0.3, -0.25) is 4.90 Å². The van der Waals surface area contributed by atoms with Gasteiger partial charge in [-0.15, -0.1) is 0 Å². The lowest BCUT2D eigenvalue weighted by Crippen LogP contribution is -2.59. The van der Waals surface area contributed by atoms with Gasteiger partial charge in [0.25, 0.3) is 0 Å². The fourth-order valence-electron chi connectivity index (χ4n) is 3.76. The summed E-state index contributed by atoms with van der Waals surface area (Å²) >= 11 is 0. The first kappa shape index (κ1) is 13.7. The van der Waals surface area contributed by atoms with Gasteiger partial charge in [-0.25, -0.2) is 9.59 Å². The minimum absolute atomic E-state index is 0.0693. The van der Waals surface area contributed by atoms with Crippen LogP contribution in [0.1, 0.15) is 32.1 Å². The van der Waals surface area contributed by atoms with Crippen LogP contribution in [0.2, 0.25) is 0 Å². The summed E-state index contributed by atoms with van der Waals surface area (Å²) in [6.45, 7) is 4.16. The predicted molar refractivity (Wildman–Crippen MR) is 73.5 cm³/mol. The van der Waals surface area contributed by atoms with Crippen LogP contribution in [-0.4, -0.2) is 76.6 Å². The first-order chi connectivity index (χ1) is 9.66. The van der Waals surface area contributed by atoms with Crippen molar-refractivity contribution < 1.29 is 14.7 Å². The molecule has 0 aromatic rings. The lowest BCUT2D eigenvalue weighted by atomic mass is 10.00. The van der Waals surface area contributed by atoms with Gasteiger partial charge in [0.15, 0.2) is 0 Å². The molecule has 20 heavy (non-hydrogen) atoms. The summed E-state index contributed by atoms with van der Waals surface area (Å²) in [5, 5.41) is 9.20. The number of carbonyl (C=O) groups excluding carboxylic acids is 1. The van der Waals surface area contributed by atoms with Crippen molar-refractivity contribution in [2.75, 3.05) is 32.7 Å². The van der Waals surface area contributed by atoms with Crippen molar-refractivity contribution in [3.8, 4) is 0 Å². The zero-order chi connectivity index (χ0) is 14.1. The molecule has 2 unspecified atom stereocenters. The van der Waals surface area contributed by atoms with Crippen molar-refractivity contribution in [1.82, 2.24) is 14.7 Å². The molecular formula is C14H23N3O3. The summed E-state index contributed by atoms with van der Waals surface area (Å²) < 4.78 is 0. The van der Waals surface area contributed by atoms with Crippen LogP contribution in [0.15, 0.2) is 0 Å². The monoisotopic (exact) mass is 281 g/mol. The number of urea groups is 1. The maximum atomic E-state index is 12.6. The average Bonchev–Trinajstić information content (AvgIpc) is 2.95. The molecule has 3 rings (SSSR count). The Kier molecular flexibility index (Phi) is 3.83. The zero-order valence-corrected chi connectivity index (χ0v) is 11.8. The van der Waals surface area contributed by atoms with E-state index in [1.54, 1.807) is 4.90 Å². The molecule has 0 aromatic heterocycles. The second kappa shape index (κ2) is 5.60. The maximum absolute atomic E-state index is 12.6. The summed E-state index contributed by atoms with van der Waals surface area (Å²) in [4.78, 5) is 29.7. The Morgan fingerprint density at radius 1 is 0.950 bits per heavy atom. The maximum Gasteiger partial charge on any atom is 0.326 e. The summed E-state index contributed by atoms with van der Waals surface area (Å²) in [5.74, 6) is -0.868. The quantitative estimate of drug-likeness (QED) is 0.773. The molecule has 2 amide bonds. The number of hydrogen-bond acceptors (Lipinski definition) is 3. The Hall–Kier alpha value is -1.30. The lowest BCUT2D eigenvalue weighted by molar-refractivity contribution is -0.141. The predicted octanol–water partition coefficient (Wildman–Crippen LogP) is 0.825. The smallest absolute Gasteiger partial charge is 0.326 e. The van der Waals surface area contributed by atoms with Crippen molar-refractivity contribution in [2.24, 2.45) is 0 Å². The minimum Gasteiger partial charge on any atom is -0.480 e. The van der Waals surface area contributed by atoms with E-state index in [0.717, 1.165) is 39.0 Å². The van der Waals surface area contributed by atoms with Crippen molar-refractivity contribution in [3.63, 3.8) is 0 Å². The molecule has 3 saturated heterocycles. The van der Waals surface area contributed by atoms with Gasteiger partial charge in [0.1, 0.15) is 6.04 Å². The Morgan fingerprint density at radius 3 is 2.60 bits per heavy atom. The number of amides is 2. The molecule has 3 aliphatic rings. The van der Waals surface area contributed by atoms with Gasteiger partial charge < -0.3 is 14.9 Å². The SMILES string of the molecule is O=C(O)C1CCCN1C(=O)N1CCN2CCCCC2C1. The highest BCUT2D eigenvalue weighted by atomic mass is 16.4. The van der Waals surface area contributed by atoms with Crippen LogP contribution < -0.4 is 0 Å². The van der Waals surface area contributed by atoms with Gasteiger partial charge in [-0.2, -0.15) is 0 Å². The van der Waals surface area contributed by atoms with E-state index < -0.39 is 12.0 Å². The highest BCUT2D eigenvalue weighted by Gasteiger charge is 2.38. The third-order valence-electron chi connectivity index (χ3n) is 4.89. The molecule has 0 saturated carbocycles. The first-order valence-corrected chi connectivity index (χ1v) is 7.69. The molecule has 3 heterocycles. The molecule has 112 valence electrons. The number of carbonyl (C=O) groups is 2. The molecule has 2 atom stereocenters. The molecule has 0 aromatic carbocycles. The topological polar surface area (TPSA) is 64.1 Å². The van der Waals surface area contributed by atoms with E-state index in [2.05, 4.69) is 4.90 Å². The number of likely N-dealkylation sites (tertiary alicyclic amines) is 1. The number of rotatable bonds is 1. The van der Waals surface area contributed by atoms with Crippen molar-refractivity contribution in [1.29, 1.82) is 0 Å². The number of hydrogen-bond donors (Lipinski definition) is 1. The molecular weight excluding hydrogens is 258 g/mol. The van der Waals surface area contributed by atoms with Gasteiger partial charge >= 0.3 is 12.0 Å². The largest absolute Gasteiger partial charge is 0.480 e. The Balaban J connectivity index is 1.64. The molecule has 1 N–H and O–H groups in total. The molecule has 0 aliphatic carbocycles. The molecule has 3 fully saturated rings. The van der Waals surface area contributed by atoms with Gasteiger partial charge in [0.05, 0.1) is 0 Å². The molecule has 0 bridgehead atoms. The van der Waals surface area contributed by atoms with Crippen molar-refractivity contribution >= 4 is 12.0 Å². The van der Waals surface area contributed by atoms with Crippen LogP contribution in [0.3, 0.4) is 0 Å². The van der Waals surface area contributed by atoms with Gasteiger partial charge in [0, 0.05) is 32.2 Å². The van der Waals surface area contributed by atoms with Gasteiger partial charge in [0.2, 0.25) is 0 Å². The van der Waals surface area contributed by atoms with Crippen LogP contribution in [0, 0.1) is 0 Å². The number of carboxylic acid groups (broad SMARTS) is 1. The number of fused-ring (bicyclic) bond motifs is 1. The van der Waals surface area contributed by atoms with E-state index in [-0.39, 0.29) is 6.03 Å². The van der Waals surface area contributed by atoms with E-state index in [1.165, 1.54) is 12.8 Å². The van der Waals surface area contributed by atoms with Crippen LogP contribution in [0.25, 0.3) is 0 Å². The zero-order valence-electron chi connectivity index (χ0n) is 11.8. The first-order valence-electron chi connectivity index (χ1n) is 7.69. The summed E-state index contributed by atoms with van der Waals surface area (Å²) in [7, 11) is 0. The fourth-order valence-corrected chi connectivity index (χ4v) is 3.76. The van der Waals surface area contributed by atoms with E-state index in [4.69, 9.17) is 0 Å². The van der Waals surface area contributed by atoms with Gasteiger partial charge in [-0.05, 0) is 32.2 Å². The van der Waals surface area contributed by atoms with Crippen LogP contribution in [0.4, 0.5) is 4.79 Å². The standard InChI is InChI=1S/C14H23N3O3/c18-13(19)12-5-3-7-17(12)14(20)16-9-8-15-6-2-1-4-11(15)10-16/h11-12H,1-10H2,(H,18,19). The number of piperazine rings is 1. The van der Waals surface area contributed by atoms with Crippen LogP contribution in [-0.2, 0) is 4.79 Å². The molecule has 6 heteroatoms. The second-order valence-corrected chi connectivity index (χ2v) is 6.10. The summed E-state index contributed by atoms with van der Waals surface area (Å²) in [6.07, 6.45) is 5.05. The third-order valence-corrected chi connectivity index (χ3v) is 4.89. The number of piperidine rings is 1.